The monoisotopic (exact) mass is 255 g/mol. The summed E-state index contributed by atoms with van der Waals surface area (Å²) < 4.78 is 2.18. The number of hydrogen-bond donors (Lipinski definition) is 1. The third-order valence-corrected chi connectivity index (χ3v) is 3.99. The lowest BCUT2D eigenvalue weighted by atomic mass is 10.00. The van der Waals surface area contributed by atoms with Gasteiger partial charge in [0.15, 0.2) is 0 Å². The fourth-order valence-electron chi connectivity index (χ4n) is 2.86. The summed E-state index contributed by atoms with van der Waals surface area (Å²) in [5, 5.41) is 8.30. The van der Waals surface area contributed by atoms with Gasteiger partial charge in [-0.1, -0.05) is 38.1 Å². The zero-order chi connectivity index (χ0) is 13.4. The summed E-state index contributed by atoms with van der Waals surface area (Å²) in [5.41, 5.74) is 3.58. The number of aromatic nitrogens is 2. The first-order valence-electron chi connectivity index (χ1n) is 7.06. The average molecular weight is 255 g/mol. The summed E-state index contributed by atoms with van der Waals surface area (Å²) in [6.07, 6.45) is 1.15. The van der Waals surface area contributed by atoms with Crippen LogP contribution in [0, 0.1) is 12.8 Å². The molecule has 2 aromatic rings. The Morgan fingerprint density at radius 1 is 1.32 bits per heavy atom. The highest BCUT2D eigenvalue weighted by molar-refractivity contribution is 5.66. The predicted octanol–water partition coefficient (Wildman–Crippen LogP) is 3.87. The van der Waals surface area contributed by atoms with E-state index in [1.807, 2.05) is 0 Å². The number of nitrogens with one attached hydrogen (secondary N) is 1. The summed E-state index contributed by atoms with van der Waals surface area (Å²) in [6.45, 7) is 7.73. The van der Waals surface area contributed by atoms with Crippen LogP contribution in [0.5, 0.6) is 0 Å². The second kappa shape index (κ2) is 4.72. The maximum atomic E-state index is 4.84. The van der Waals surface area contributed by atoms with Crippen LogP contribution in [0.2, 0.25) is 0 Å². The SMILES string of the molecule is Cc1ccccc1-c1cc2n(n1)C(C(C)C)CCN2. The van der Waals surface area contributed by atoms with Crippen LogP contribution in [-0.4, -0.2) is 16.3 Å². The van der Waals surface area contributed by atoms with E-state index in [1.54, 1.807) is 0 Å². The van der Waals surface area contributed by atoms with Crippen molar-refractivity contribution in [1.82, 2.24) is 9.78 Å². The summed E-state index contributed by atoms with van der Waals surface area (Å²) in [5.74, 6) is 1.77. The smallest absolute Gasteiger partial charge is 0.125 e. The molecule has 1 aliphatic heterocycles. The maximum Gasteiger partial charge on any atom is 0.125 e. The van der Waals surface area contributed by atoms with Gasteiger partial charge in [-0.2, -0.15) is 5.10 Å². The zero-order valence-corrected chi connectivity index (χ0v) is 11.9. The molecule has 0 fully saturated rings. The Balaban J connectivity index is 2.05. The number of nitrogens with zero attached hydrogens (tertiary/aromatic N) is 2. The molecule has 3 heteroatoms. The van der Waals surface area contributed by atoms with E-state index in [4.69, 9.17) is 5.10 Å². The average Bonchev–Trinajstić information content (AvgIpc) is 2.82. The molecule has 0 bridgehead atoms. The van der Waals surface area contributed by atoms with E-state index < -0.39 is 0 Å². The van der Waals surface area contributed by atoms with E-state index in [9.17, 15) is 0 Å². The molecule has 0 saturated heterocycles. The van der Waals surface area contributed by atoms with Gasteiger partial charge in [0.05, 0.1) is 11.7 Å². The Hall–Kier alpha value is -1.77. The molecule has 2 heterocycles. The number of fused-ring (bicyclic) bond motifs is 1. The molecular formula is C16H21N3. The highest BCUT2D eigenvalue weighted by atomic mass is 15.4. The molecule has 1 N–H and O–H groups in total. The minimum atomic E-state index is 0.508. The van der Waals surface area contributed by atoms with Crippen molar-refractivity contribution in [1.29, 1.82) is 0 Å². The minimum Gasteiger partial charge on any atom is -0.370 e. The van der Waals surface area contributed by atoms with Crippen LogP contribution in [0.15, 0.2) is 30.3 Å². The van der Waals surface area contributed by atoms with Gasteiger partial charge < -0.3 is 5.32 Å². The molecule has 19 heavy (non-hydrogen) atoms. The number of hydrogen-bond acceptors (Lipinski definition) is 2. The van der Waals surface area contributed by atoms with Crippen LogP contribution in [0.4, 0.5) is 5.82 Å². The largest absolute Gasteiger partial charge is 0.370 e. The third-order valence-electron chi connectivity index (χ3n) is 3.99. The molecule has 1 aliphatic rings. The molecule has 1 aromatic carbocycles. The second-order valence-corrected chi connectivity index (χ2v) is 5.70. The van der Waals surface area contributed by atoms with E-state index in [0.29, 0.717) is 12.0 Å². The van der Waals surface area contributed by atoms with E-state index >= 15 is 0 Å². The molecular weight excluding hydrogens is 234 g/mol. The van der Waals surface area contributed by atoms with Crippen molar-refractivity contribution in [2.45, 2.75) is 33.2 Å². The third kappa shape index (κ3) is 2.14. The van der Waals surface area contributed by atoms with Crippen LogP contribution in [0.3, 0.4) is 0 Å². The Labute approximate surface area is 114 Å². The van der Waals surface area contributed by atoms with E-state index in [1.165, 1.54) is 11.1 Å². The van der Waals surface area contributed by atoms with Crippen LogP contribution >= 0.6 is 0 Å². The molecule has 0 aliphatic carbocycles. The van der Waals surface area contributed by atoms with Gasteiger partial charge in [-0.25, -0.2) is 4.68 Å². The Morgan fingerprint density at radius 2 is 2.11 bits per heavy atom. The molecule has 1 unspecified atom stereocenters. The van der Waals surface area contributed by atoms with Crippen LogP contribution in [0.1, 0.15) is 31.9 Å². The lowest BCUT2D eigenvalue weighted by molar-refractivity contribution is 0.323. The zero-order valence-electron chi connectivity index (χ0n) is 11.9. The standard InChI is InChI=1S/C16H21N3/c1-11(2)15-8-9-17-16-10-14(18-19(15)16)13-7-5-4-6-12(13)3/h4-7,10-11,15,17H,8-9H2,1-3H3. The highest BCUT2D eigenvalue weighted by Gasteiger charge is 2.24. The van der Waals surface area contributed by atoms with Gasteiger partial charge in [-0.15, -0.1) is 0 Å². The summed E-state index contributed by atoms with van der Waals surface area (Å²) >= 11 is 0. The lowest BCUT2D eigenvalue weighted by Crippen LogP contribution is -2.26. The predicted molar refractivity (Wildman–Crippen MR) is 79.4 cm³/mol. The van der Waals surface area contributed by atoms with Crippen molar-refractivity contribution in [3.8, 4) is 11.3 Å². The van der Waals surface area contributed by atoms with Gasteiger partial charge in [0.25, 0.3) is 0 Å². The van der Waals surface area contributed by atoms with Crippen molar-refractivity contribution in [3.63, 3.8) is 0 Å². The topological polar surface area (TPSA) is 29.9 Å². The molecule has 1 atom stereocenters. The Bertz CT molecular complexity index is 583. The van der Waals surface area contributed by atoms with Gasteiger partial charge in [0.2, 0.25) is 0 Å². The molecule has 3 nitrogen and oxygen atoms in total. The first-order valence-corrected chi connectivity index (χ1v) is 7.06. The number of benzene rings is 1. The van der Waals surface area contributed by atoms with Crippen LogP contribution in [-0.2, 0) is 0 Å². The highest BCUT2D eigenvalue weighted by Crippen LogP contribution is 2.33. The maximum absolute atomic E-state index is 4.84. The molecule has 1 aromatic heterocycles. The van der Waals surface area contributed by atoms with Crippen molar-refractivity contribution in [2.75, 3.05) is 11.9 Å². The first-order chi connectivity index (χ1) is 9.16. The summed E-state index contributed by atoms with van der Waals surface area (Å²) in [7, 11) is 0. The summed E-state index contributed by atoms with van der Waals surface area (Å²) in [4.78, 5) is 0. The lowest BCUT2D eigenvalue weighted by Gasteiger charge is -2.28. The normalized spacial score (nSPS) is 18.2. The summed E-state index contributed by atoms with van der Waals surface area (Å²) in [6, 6.07) is 11.1. The number of rotatable bonds is 2. The van der Waals surface area contributed by atoms with Gasteiger partial charge in [-0.05, 0) is 24.8 Å². The molecule has 0 saturated carbocycles. The molecule has 3 rings (SSSR count). The van der Waals surface area contributed by atoms with Crippen molar-refractivity contribution in [3.05, 3.63) is 35.9 Å². The van der Waals surface area contributed by atoms with E-state index in [-0.39, 0.29) is 0 Å². The number of anilines is 1. The van der Waals surface area contributed by atoms with Crippen LogP contribution in [0.25, 0.3) is 11.3 Å². The Morgan fingerprint density at radius 3 is 2.84 bits per heavy atom. The fraction of sp³-hybridized carbons (Fsp3) is 0.438. The van der Waals surface area contributed by atoms with Gasteiger partial charge in [0, 0.05) is 18.2 Å². The van der Waals surface area contributed by atoms with Crippen molar-refractivity contribution < 1.29 is 0 Å². The van der Waals surface area contributed by atoms with Crippen molar-refractivity contribution in [2.24, 2.45) is 5.92 Å². The fourth-order valence-corrected chi connectivity index (χ4v) is 2.86. The molecule has 0 spiro atoms. The minimum absolute atomic E-state index is 0.508. The molecule has 0 amide bonds. The second-order valence-electron chi connectivity index (χ2n) is 5.70. The Kier molecular flexibility index (Phi) is 3.05. The van der Waals surface area contributed by atoms with Gasteiger partial charge in [0.1, 0.15) is 5.82 Å². The van der Waals surface area contributed by atoms with E-state index in [0.717, 1.165) is 24.5 Å². The van der Waals surface area contributed by atoms with Crippen LogP contribution < -0.4 is 5.32 Å². The molecule has 0 radical (unpaired) electrons. The number of aryl methyl sites for hydroxylation is 1. The van der Waals surface area contributed by atoms with Gasteiger partial charge in [-0.3, -0.25) is 0 Å². The first kappa shape index (κ1) is 12.3. The van der Waals surface area contributed by atoms with Gasteiger partial charge >= 0.3 is 0 Å². The quantitative estimate of drug-likeness (QED) is 0.882. The molecule has 100 valence electrons. The van der Waals surface area contributed by atoms with E-state index in [2.05, 4.69) is 61.1 Å². The van der Waals surface area contributed by atoms with Crippen molar-refractivity contribution >= 4 is 5.82 Å².